The molecule has 5 heteroatoms. The van der Waals surface area contributed by atoms with Crippen molar-refractivity contribution in [2.24, 2.45) is 0 Å². The lowest BCUT2D eigenvalue weighted by Gasteiger charge is -2.14. The average molecular weight is 248 g/mol. The molecule has 0 fully saturated rings. The Morgan fingerprint density at radius 2 is 2.12 bits per heavy atom. The number of nitrogens with one attached hydrogen (secondary N) is 1. The first-order chi connectivity index (χ1) is 8.18. The van der Waals surface area contributed by atoms with Crippen molar-refractivity contribution in [2.45, 2.75) is 13.0 Å². The zero-order valence-electron chi connectivity index (χ0n) is 9.25. The van der Waals surface area contributed by atoms with E-state index in [2.05, 4.69) is 10.3 Å². The molecule has 1 aromatic heterocycles. The van der Waals surface area contributed by atoms with Gasteiger partial charge in [0.1, 0.15) is 5.00 Å². The zero-order chi connectivity index (χ0) is 12.3. The van der Waals surface area contributed by atoms with E-state index in [1.807, 2.05) is 37.3 Å². The number of nitrogens with zero attached hydrogens (tertiary/aromatic N) is 1. The van der Waals surface area contributed by atoms with Crippen LogP contribution in [0.2, 0.25) is 0 Å². The quantitative estimate of drug-likeness (QED) is 0.873. The summed E-state index contributed by atoms with van der Waals surface area (Å²) in [6.45, 7) is 1.99. The number of aromatic nitrogens is 1. The van der Waals surface area contributed by atoms with Crippen LogP contribution in [0.15, 0.2) is 35.8 Å². The highest BCUT2D eigenvalue weighted by molar-refractivity contribution is 7.14. The first-order valence-corrected chi connectivity index (χ1v) is 6.04. The van der Waals surface area contributed by atoms with Crippen molar-refractivity contribution >= 4 is 22.3 Å². The van der Waals surface area contributed by atoms with E-state index >= 15 is 0 Å². The lowest BCUT2D eigenvalue weighted by atomic mass is 10.1. The van der Waals surface area contributed by atoms with E-state index in [4.69, 9.17) is 5.11 Å². The van der Waals surface area contributed by atoms with Gasteiger partial charge in [-0.15, -0.1) is 11.3 Å². The maximum Gasteiger partial charge on any atom is 0.357 e. The van der Waals surface area contributed by atoms with Gasteiger partial charge in [-0.2, -0.15) is 0 Å². The average Bonchev–Trinajstić information content (AvgIpc) is 2.78. The lowest BCUT2D eigenvalue weighted by molar-refractivity contribution is 0.0692. The van der Waals surface area contributed by atoms with Crippen molar-refractivity contribution in [1.29, 1.82) is 0 Å². The summed E-state index contributed by atoms with van der Waals surface area (Å²) in [7, 11) is 0. The van der Waals surface area contributed by atoms with Gasteiger partial charge in [-0.3, -0.25) is 0 Å². The summed E-state index contributed by atoms with van der Waals surface area (Å²) >= 11 is 1.30. The van der Waals surface area contributed by atoms with Gasteiger partial charge in [0.05, 0.1) is 5.51 Å². The van der Waals surface area contributed by atoms with Crippen LogP contribution in [-0.2, 0) is 0 Å². The minimum absolute atomic E-state index is 0.0507. The Morgan fingerprint density at radius 1 is 1.41 bits per heavy atom. The Bertz CT molecular complexity index is 510. The van der Waals surface area contributed by atoms with Gasteiger partial charge in [-0.25, -0.2) is 9.78 Å². The standard InChI is InChI=1S/C12H12N2O2S/c1-8(9-5-3-2-4-6-9)14-11-10(12(15)16)13-7-17-11/h2-8,14H,1H3,(H,15,16). The SMILES string of the molecule is CC(Nc1scnc1C(=O)O)c1ccccc1. The van der Waals surface area contributed by atoms with E-state index in [1.54, 1.807) is 0 Å². The summed E-state index contributed by atoms with van der Waals surface area (Å²) in [6.07, 6.45) is 0. The van der Waals surface area contributed by atoms with Gasteiger partial charge in [-0.1, -0.05) is 30.3 Å². The van der Waals surface area contributed by atoms with Gasteiger partial charge in [0, 0.05) is 6.04 Å². The van der Waals surface area contributed by atoms with Gasteiger partial charge in [0.2, 0.25) is 0 Å². The molecule has 17 heavy (non-hydrogen) atoms. The molecule has 0 radical (unpaired) electrons. The molecular weight excluding hydrogens is 236 g/mol. The molecule has 88 valence electrons. The molecule has 0 saturated carbocycles. The minimum Gasteiger partial charge on any atom is -0.476 e. The van der Waals surface area contributed by atoms with Gasteiger partial charge < -0.3 is 10.4 Å². The maximum absolute atomic E-state index is 10.9. The number of carboxylic acids is 1. The first kappa shape index (κ1) is 11.6. The van der Waals surface area contributed by atoms with Crippen LogP contribution in [0.5, 0.6) is 0 Å². The van der Waals surface area contributed by atoms with Crippen LogP contribution < -0.4 is 5.32 Å². The Hall–Kier alpha value is -1.88. The van der Waals surface area contributed by atoms with Crippen molar-refractivity contribution < 1.29 is 9.90 Å². The van der Waals surface area contributed by atoms with E-state index in [-0.39, 0.29) is 11.7 Å². The fourth-order valence-electron chi connectivity index (χ4n) is 1.52. The molecule has 0 spiro atoms. The van der Waals surface area contributed by atoms with Crippen LogP contribution in [0.4, 0.5) is 5.00 Å². The maximum atomic E-state index is 10.9. The van der Waals surface area contributed by atoms with Crippen molar-refractivity contribution in [3.8, 4) is 0 Å². The van der Waals surface area contributed by atoms with E-state index in [9.17, 15) is 4.79 Å². The summed E-state index contributed by atoms with van der Waals surface area (Å²) in [5, 5.41) is 12.7. The Morgan fingerprint density at radius 3 is 2.76 bits per heavy atom. The number of benzene rings is 1. The molecule has 0 saturated heterocycles. The van der Waals surface area contributed by atoms with Crippen LogP contribution in [0, 0.1) is 0 Å². The molecule has 2 N–H and O–H groups in total. The molecule has 0 aliphatic rings. The summed E-state index contributed by atoms with van der Waals surface area (Å²) in [5.74, 6) is -1.01. The number of rotatable bonds is 4. The van der Waals surface area contributed by atoms with Gasteiger partial charge in [0.25, 0.3) is 0 Å². The Kier molecular flexibility index (Phi) is 3.39. The highest BCUT2D eigenvalue weighted by atomic mass is 32.1. The molecule has 0 aliphatic heterocycles. The highest BCUT2D eigenvalue weighted by Crippen LogP contribution is 2.25. The third kappa shape index (κ3) is 2.62. The van der Waals surface area contributed by atoms with Crippen molar-refractivity contribution in [3.63, 3.8) is 0 Å². The topological polar surface area (TPSA) is 62.2 Å². The van der Waals surface area contributed by atoms with Crippen molar-refractivity contribution in [2.75, 3.05) is 5.32 Å². The third-order valence-electron chi connectivity index (χ3n) is 2.42. The molecule has 0 aliphatic carbocycles. The van der Waals surface area contributed by atoms with E-state index in [0.717, 1.165) is 5.56 Å². The number of carboxylic acid groups (broad SMARTS) is 1. The smallest absolute Gasteiger partial charge is 0.357 e. The number of hydrogen-bond acceptors (Lipinski definition) is 4. The second-order valence-electron chi connectivity index (χ2n) is 3.61. The van der Waals surface area contributed by atoms with Gasteiger partial charge in [0.15, 0.2) is 5.69 Å². The predicted octanol–water partition coefficient (Wildman–Crippen LogP) is 3.01. The van der Waals surface area contributed by atoms with E-state index < -0.39 is 5.97 Å². The number of hydrogen-bond donors (Lipinski definition) is 2. The molecule has 2 rings (SSSR count). The monoisotopic (exact) mass is 248 g/mol. The molecule has 4 nitrogen and oxygen atoms in total. The lowest BCUT2D eigenvalue weighted by Crippen LogP contribution is -2.09. The molecule has 1 aromatic carbocycles. The van der Waals surface area contributed by atoms with Crippen molar-refractivity contribution in [3.05, 3.63) is 47.1 Å². The van der Waals surface area contributed by atoms with Crippen LogP contribution in [-0.4, -0.2) is 16.1 Å². The molecule has 0 bridgehead atoms. The summed E-state index contributed by atoms with van der Waals surface area (Å²) < 4.78 is 0. The Balaban J connectivity index is 2.16. The molecule has 1 unspecified atom stereocenters. The number of thiazole rings is 1. The second-order valence-corrected chi connectivity index (χ2v) is 4.47. The van der Waals surface area contributed by atoms with Crippen LogP contribution >= 0.6 is 11.3 Å². The second kappa shape index (κ2) is 4.97. The zero-order valence-corrected chi connectivity index (χ0v) is 10.1. The van der Waals surface area contributed by atoms with Crippen molar-refractivity contribution in [1.82, 2.24) is 4.98 Å². The van der Waals surface area contributed by atoms with Crippen LogP contribution in [0.3, 0.4) is 0 Å². The van der Waals surface area contributed by atoms with E-state index in [1.165, 1.54) is 16.8 Å². The highest BCUT2D eigenvalue weighted by Gasteiger charge is 2.15. The summed E-state index contributed by atoms with van der Waals surface area (Å²) in [5.41, 5.74) is 2.72. The minimum atomic E-state index is -1.01. The van der Waals surface area contributed by atoms with E-state index in [0.29, 0.717) is 5.00 Å². The summed E-state index contributed by atoms with van der Waals surface area (Å²) in [6, 6.07) is 9.91. The van der Waals surface area contributed by atoms with Crippen LogP contribution in [0.1, 0.15) is 29.0 Å². The fraction of sp³-hybridized carbons (Fsp3) is 0.167. The van der Waals surface area contributed by atoms with Gasteiger partial charge >= 0.3 is 5.97 Å². The third-order valence-corrected chi connectivity index (χ3v) is 3.17. The molecular formula is C12H12N2O2S. The Labute approximate surface area is 103 Å². The molecule has 1 heterocycles. The normalized spacial score (nSPS) is 12.1. The summed E-state index contributed by atoms with van der Waals surface area (Å²) in [4.78, 5) is 14.7. The molecule has 1 atom stereocenters. The fourth-order valence-corrected chi connectivity index (χ4v) is 2.28. The number of anilines is 1. The molecule has 0 amide bonds. The number of carbonyl (C=O) groups is 1. The predicted molar refractivity (Wildman–Crippen MR) is 67.6 cm³/mol. The first-order valence-electron chi connectivity index (χ1n) is 5.16. The molecule has 2 aromatic rings. The van der Waals surface area contributed by atoms with Gasteiger partial charge in [-0.05, 0) is 12.5 Å². The number of aromatic carboxylic acids is 1. The largest absolute Gasteiger partial charge is 0.476 e. The van der Waals surface area contributed by atoms with Crippen LogP contribution in [0.25, 0.3) is 0 Å².